The number of ketones is 1. The molecule has 1 unspecified atom stereocenters. The maximum absolute atomic E-state index is 13.5. The normalized spacial score (nSPS) is 16.5. The third-order valence-electron chi connectivity index (χ3n) is 4.00. The third-order valence-corrected chi connectivity index (χ3v) is 4.59. The average molecular weight is 393 g/mol. The molecule has 1 aliphatic heterocycles. The van der Waals surface area contributed by atoms with Gasteiger partial charge in [0.15, 0.2) is 5.78 Å². The molecule has 0 bridgehead atoms. The van der Waals surface area contributed by atoms with E-state index in [0.717, 1.165) is 16.1 Å². The standard InChI is InChI=1S/C18H14BrFO4/c1-9-4-13-16(21)11(8-24-17(13)14(19)5-9)6-10-2-3-15(20)12(7-10)18(22)23/h2-5,7,11H,6,8H2,1H3,(H,22,23). The number of halogens is 2. The zero-order chi connectivity index (χ0) is 17.4. The summed E-state index contributed by atoms with van der Waals surface area (Å²) in [5.41, 5.74) is 1.65. The van der Waals surface area contributed by atoms with Crippen molar-refractivity contribution in [2.45, 2.75) is 13.3 Å². The van der Waals surface area contributed by atoms with Crippen molar-refractivity contribution in [1.29, 1.82) is 0 Å². The highest BCUT2D eigenvalue weighted by Gasteiger charge is 2.30. The summed E-state index contributed by atoms with van der Waals surface area (Å²) in [7, 11) is 0. The van der Waals surface area contributed by atoms with Crippen molar-refractivity contribution in [1.82, 2.24) is 0 Å². The fourth-order valence-corrected chi connectivity index (χ4v) is 3.53. The van der Waals surface area contributed by atoms with Gasteiger partial charge in [-0.15, -0.1) is 0 Å². The molecule has 0 aliphatic carbocycles. The first-order chi connectivity index (χ1) is 11.4. The van der Waals surface area contributed by atoms with Gasteiger partial charge in [-0.05, 0) is 64.7 Å². The fraction of sp³-hybridized carbons (Fsp3) is 0.222. The van der Waals surface area contributed by atoms with Crippen LogP contribution in [-0.4, -0.2) is 23.5 Å². The van der Waals surface area contributed by atoms with Crippen molar-refractivity contribution in [2.75, 3.05) is 6.61 Å². The van der Waals surface area contributed by atoms with E-state index in [9.17, 15) is 14.0 Å². The molecule has 1 heterocycles. The molecule has 4 nitrogen and oxygen atoms in total. The number of benzene rings is 2. The molecule has 0 saturated heterocycles. The predicted molar refractivity (Wildman–Crippen MR) is 89.3 cm³/mol. The lowest BCUT2D eigenvalue weighted by Gasteiger charge is -2.25. The molecular formula is C18H14BrFO4. The number of carbonyl (C=O) groups excluding carboxylic acids is 1. The van der Waals surface area contributed by atoms with Crippen molar-refractivity contribution < 1.29 is 23.8 Å². The predicted octanol–water partition coefficient (Wildman–Crippen LogP) is 4.03. The Morgan fingerprint density at radius 3 is 2.83 bits per heavy atom. The first kappa shape index (κ1) is 16.6. The largest absolute Gasteiger partial charge is 0.491 e. The topological polar surface area (TPSA) is 63.6 Å². The van der Waals surface area contributed by atoms with Crippen LogP contribution in [0.15, 0.2) is 34.8 Å². The minimum atomic E-state index is -1.33. The zero-order valence-corrected chi connectivity index (χ0v) is 14.4. The molecule has 124 valence electrons. The lowest BCUT2D eigenvalue weighted by Crippen LogP contribution is -2.30. The van der Waals surface area contributed by atoms with Crippen LogP contribution in [0.5, 0.6) is 5.75 Å². The number of hydrogen-bond acceptors (Lipinski definition) is 3. The number of rotatable bonds is 3. The lowest BCUT2D eigenvalue weighted by molar-refractivity contribution is 0.0691. The second-order valence-electron chi connectivity index (χ2n) is 5.82. The van der Waals surface area contributed by atoms with E-state index in [1.165, 1.54) is 12.1 Å². The molecule has 0 radical (unpaired) electrons. The minimum absolute atomic E-state index is 0.0538. The summed E-state index contributed by atoms with van der Waals surface area (Å²) in [6, 6.07) is 7.54. The summed E-state index contributed by atoms with van der Waals surface area (Å²) in [6.45, 7) is 2.09. The van der Waals surface area contributed by atoms with Crippen molar-refractivity contribution in [3.63, 3.8) is 0 Å². The maximum Gasteiger partial charge on any atom is 0.338 e. The van der Waals surface area contributed by atoms with E-state index in [4.69, 9.17) is 9.84 Å². The van der Waals surface area contributed by atoms with E-state index >= 15 is 0 Å². The summed E-state index contributed by atoms with van der Waals surface area (Å²) in [5, 5.41) is 9.00. The highest BCUT2D eigenvalue weighted by Crippen LogP contribution is 2.36. The fourth-order valence-electron chi connectivity index (χ4n) is 2.84. The molecule has 1 atom stereocenters. The van der Waals surface area contributed by atoms with Gasteiger partial charge < -0.3 is 9.84 Å². The molecule has 0 saturated carbocycles. The number of hydrogen-bond donors (Lipinski definition) is 1. The molecule has 0 fully saturated rings. The van der Waals surface area contributed by atoms with Gasteiger partial charge in [-0.1, -0.05) is 6.07 Å². The minimum Gasteiger partial charge on any atom is -0.491 e. The Morgan fingerprint density at radius 1 is 1.38 bits per heavy atom. The molecule has 2 aromatic carbocycles. The van der Waals surface area contributed by atoms with Crippen LogP contribution in [-0.2, 0) is 6.42 Å². The number of Topliss-reactive ketones (excluding diaryl/α,β-unsaturated/α-hetero) is 1. The smallest absolute Gasteiger partial charge is 0.338 e. The van der Waals surface area contributed by atoms with Gasteiger partial charge in [-0.25, -0.2) is 9.18 Å². The highest BCUT2D eigenvalue weighted by molar-refractivity contribution is 9.10. The molecule has 0 spiro atoms. The van der Waals surface area contributed by atoms with Crippen molar-refractivity contribution >= 4 is 27.7 Å². The summed E-state index contributed by atoms with van der Waals surface area (Å²) < 4.78 is 19.9. The van der Waals surface area contributed by atoms with Crippen molar-refractivity contribution in [2.24, 2.45) is 5.92 Å². The number of fused-ring (bicyclic) bond motifs is 1. The Balaban J connectivity index is 1.89. The van der Waals surface area contributed by atoms with E-state index in [-0.39, 0.29) is 12.4 Å². The molecule has 1 aliphatic rings. The Morgan fingerprint density at radius 2 is 2.12 bits per heavy atom. The molecule has 0 aromatic heterocycles. The highest BCUT2D eigenvalue weighted by atomic mass is 79.9. The molecule has 1 N–H and O–H groups in total. The number of aromatic carboxylic acids is 1. The van der Waals surface area contributed by atoms with Gasteiger partial charge in [0.05, 0.1) is 28.1 Å². The average Bonchev–Trinajstić information content (AvgIpc) is 2.52. The SMILES string of the molecule is Cc1cc(Br)c2c(c1)C(=O)C(Cc1ccc(F)c(C(=O)O)c1)CO2. The number of ether oxygens (including phenoxy) is 1. The quantitative estimate of drug-likeness (QED) is 0.856. The van der Waals surface area contributed by atoms with Crippen LogP contribution in [0.3, 0.4) is 0 Å². The molecule has 3 rings (SSSR count). The molecular weight excluding hydrogens is 379 g/mol. The van der Waals surface area contributed by atoms with E-state index in [1.807, 2.05) is 13.0 Å². The lowest BCUT2D eigenvalue weighted by atomic mass is 9.88. The van der Waals surface area contributed by atoms with E-state index in [0.29, 0.717) is 23.3 Å². The Kier molecular flexibility index (Phi) is 4.41. The van der Waals surface area contributed by atoms with Crippen LogP contribution in [0.4, 0.5) is 4.39 Å². The monoisotopic (exact) mass is 392 g/mol. The van der Waals surface area contributed by atoms with Gasteiger partial charge in [0.1, 0.15) is 11.6 Å². The Bertz CT molecular complexity index is 847. The molecule has 6 heteroatoms. The van der Waals surface area contributed by atoms with Gasteiger partial charge in [-0.2, -0.15) is 0 Å². The van der Waals surface area contributed by atoms with Crippen LogP contribution >= 0.6 is 15.9 Å². The van der Waals surface area contributed by atoms with Crippen LogP contribution in [0.2, 0.25) is 0 Å². The summed E-state index contributed by atoms with van der Waals surface area (Å²) in [6.07, 6.45) is 0.296. The number of carbonyl (C=O) groups is 2. The van der Waals surface area contributed by atoms with Crippen LogP contribution in [0.1, 0.15) is 31.8 Å². The second-order valence-corrected chi connectivity index (χ2v) is 6.67. The molecule has 24 heavy (non-hydrogen) atoms. The van der Waals surface area contributed by atoms with Crippen molar-refractivity contribution in [3.8, 4) is 5.75 Å². The van der Waals surface area contributed by atoms with Gasteiger partial charge in [0.25, 0.3) is 0 Å². The van der Waals surface area contributed by atoms with Gasteiger partial charge >= 0.3 is 5.97 Å². The van der Waals surface area contributed by atoms with E-state index in [1.54, 1.807) is 6.07 Å². The molecule has 0 amide bonds. The summed E-state index contributed by atoms with van der Waals surface area (Å²) >= 11 is 3.40. The Labute approximate surface area is 146 Å². The van der Waals surface area contributed by atoms with Crippen LogP contribution in [0, 0.1) is 18.7 Å². The van der Waals surface area contributed by atoms with E-state index < -0.39 is 23.3 Å². The first-order valence-electron chi connectivity index (χ1n) is 7.35. The number of carboxylic acids is 1. The first-order valence-corrected chi connectivity index (χ1v) is 8.15. The van der Waals surface area contributed by atoms with Gasteiger partial charge in [-0.3, -0.25) is 4.79 Å². The maximum atomic E-state index is 13.5. The number of aryl methyl sites for hydroxylation is 1. The van der Waals surface area contributed by atoms with Gasteiger partial charge in [0.2, 0.25) is 0 Å². The molecule has 2 aromatic rings. The summed E-state index contributed by atoms with van der Waals surface area (Å²) in [5.74, 6) is -2.07. The van der Waals surface area contributed by atoms with Gasteiger partial charge in [0, 0.05) is 0 Å². The van der Waals surface area contributed by atoms with Crippen LogP contribution in [0.25, 0.3) is 0 Å². The zero-order valence-electron chi connectivity index (χ0n) is 12.8. The van der Waals surface area contributed by atoms with Crippen LogP contribution < -0.4 is 4.74 Å². The van der Waals surface area contributed by atoms with E-state index in [2.05, 4.69) is 15.9 Å². The number of carboxylic acid groups (broad SMARTS) is 1. The third kappa shape index (κ3) is 3.06. The Hall–Kier alpha value is -2.21. The van der Waals surface area contributed by atoms with Crippen molar-refractivity contribution in [3.05, 3.63) is 62.9 Å². The second kappa shape index (κ2) is 6.36. The summed E-state index contributed by atoms with van der Waals surface area (Å²) in [4.78, 5) is 23.8.